The van der Waals surface area contributed by atoms with E-state index in [9.17, 15) is 0 Å². The second-order valence-electron chi connectivity index (χ2n) is 5.30. The Morgan fingerprint density at radius 2 is 2.12 bits per heavy atom. The normalized spacial score (nSPS) is 12.5. The van der Waals surface area contributed by atoms with Gasteiger partial charge in [0.1, 0.15) is 29.3 Å². The summed E-state index contributed by atoms with van der Waals surface area (Å²) in [4.78, 5) is 11.0. The second-order valence-corrected chi connectivity index (χ2v) is 6.41. The lowest BCUT2D eigenvalue weighted by atomic mass is 10.3. The third-order valence-electron chi connectivity index (χ3n) is 3.74. The lowest BCUT2D eigenvalue weighted by Gasteiger charge is -2.09. The van der Waals surface area contributed by atoms with Gasteiger partial charge in [-0.1, -0.05) is 6.92 Å². The number of hydrogen-bond acceptors (Lipinski definition) is 7. The highest BCUT2D eigenvalue weighted by Gasteiger charge is 2.13. The smallest absolute Gasteiger partial charge is 0.231 e. The van der Waals surface area contributed by atoms with Crippen molar-refractivity contribution in [3.63, 3.8) is 0 Å². The second kappa shape index (κ2) is 6.52. The van der Waals surface area contributed by atoms with E-state index in [0.717, 1.165) is 39.7 Å². The number of rotatable bonds is 6. The number of thiophene rings is 1. The first-order valence-electron chi connectivity index (χ1n) is 7.83. The van der Waals surface area contributed by atoms with Gasteiger partial charge in [0.2, 0.25) is 6.79 Å². The molecule has 0 unspecified atom stereocenters. The Morgan fingerprint density at radius 1 is 1.21 bits per heavy atom. The van der Waals surface area contributed by atoms with Gasteiger partial charge in [0.25, 0.3) is 0 Å². The molecule has 7 heteroatoms. The van der Waals surface area contributed by atoms with Crippen LogP contribution in [0.15, 0.2) is 30.6 Å². The van der Waals surface area contributed by atoms with Gasteiger partial charge in [-0.15, -0.1) is 11.3 Å². The molecule has 0 bridgehead atoms. The van der Waals surface area contributed by atoms with Crippen LogP contribution in [0.25, 0.3) is 10.2 Å². The Morgan fingerprint density at radius 3 is 3.04 bits per heavy atom. The molecule has 124 valence electrons. The molecule has 1 aromatic carbocycles. The van der Waals surface area contributed by atoms with Crippen LogP contribution >= 0.6 is 11.3 Å². The van der Waals surface area contributed by atoms with Crippen molar-refractivity contribution in [1.29, 1.82) is 0 Å². The standard InChI is InChI=1S/C17H17N3O3S/c1-2-12-8-13-16(19-9-20-17(13)24-12)18-5-6-21-11-3-4-14-15(7-11)23-10-22-14/h3-4,7-9H,2,5-6,10H2,1H3,(H,18,19,20). The first-order chi connectivity index (χ1) is 11.8. The maximum Gasteiger partial charge on any atom is 0.231 e. The number of nitrogens with one attached hydrogen (secondary N) is 1. The highest BCUT2D eigenvalue weighted by atomic mass is 32.1. The number of hydrogen-bond donors (Lipinski definition) is 1. The van der Waals surface area contributed by atoms with Crippen LogP contribution in [0.1, 0.15) is 11.8 Å². The van der Waals surface area contributed by atoms with Gasteiger partial charge >= 0.3 is 0 Å². The minimum Gasteiger partial charge on any atom is -0.492 e. The summed E-state index contributed by atoms with van der Waals surface area (Å²) in [6, 6.07) is 7.73. The molecule has 0 atom stereocenters. The molecule has 1 aliphatic rings. The van der Waals surface area contributed by atoms with Crippen LogP contribution in [0.3, 0.4) is 0 Å². The number of aryl methyl sites for hydroxylation is 1. The van der Waals surface area contributed by atoms with E-state index in [4.69, 9.17) is 14.2 Å². The van der Waals surface area contributed by atoms with Gasteiger partial charge in [0, 0.05) is 10.9 Å². The zero-order valence-corrected chi connectivity index (χ0v) is 14.1. The number of anilines is 1. The van der Waals surface area contributed by atoms with E-state index in [-0.39, 0.29) is 6.79 Å². The number of nitrogens with zero attached hydrogens (tertiary/aromatic N) is 2. The van der Waals surface area contributed by atoms with Gasteiger partial charge in [0.05, 0.1) is 11.9 Å². The van der Waals surface area contributed by atoms with E-state index in [0.29, 0.717) is 13.2 Å². The van der Waals surface area contributed by atoms with Crippen LogP contribution in [-0.4, -0.2) is 29.9 Å². The van der Waals surface area contributed by atoms with E-state index >= 15 is 0 Å². The molecule has 0 saturated carbocycles. The third kappa shape index (κ3) is 2.94. The summed E-state index contributed by atoms with van der Waals surface area (Å²) in [7, 11) is 0. The van der Waals surface area contributed by atoms with E-state index in [2.05, 4.69) is 28.3 Å². The minimum absolute atomic E-state index is 0.268. The molecule has 1 aliphatic heterocycles. The van der Waals surface area contributed by atoms with Crippen LogP contribution < -0.4 is 19.5 Å². The molecular weight excluding hydrogens is 326 g/mol. The predicted octanol–water partition coefficient (Wildman–Crippen LogP) is 3.47. The van der Waals surface area contributed by atoms with E-state index in [1.54, 1.807) is 17.7 Å². The zero-order valence-electron chi connectivity index (χ0n) is 13.2. The maximum atomic E-state index is 5.75. The monoisotopic (exact) mass is 343 g/mol. The van der Waals surface area contributed by atoms with Crippen molar-refractivity contribution in [2.75, 3.05) is 25.3 Å². The van der Waals surface area contributed by atoms with Crippen LogP contribution in [0.5, 0.6) is 17.2 Å². The van der Waals surface area contributed by atoms with Crippen LogP contribution in [0, 0.1) is 0 Å². The molecule has 3 heterocycles. The molecule has 2 aromatic heterocycles. The lowest BCUT2D eigenvalue weighted by Crippen LogP contribution is -2.12. The van der Waals surface area contributed by atoms with E-state index < -0.39 is 0 Å². The molecule has 0 saturated heterocycles. The fraction of sp³-hybridized carbons (Fsp3) is 0.294. The van der Waals surface area contributed by atoms with Gasteiger partial charge in [-0.2, -0.15) is 0 Å². The van der Waals surface area contributed by atoms with Crippen molar-refractivity contribution >= 4 is 27.4 Å². The number of benzene rings is 1. The average Bonchev–Trinajstić information content (AvgIpc) is 3.24. The molecule has 0 amide bonds. The molecule has 0 aliphatic carbocycles. The predicted molar refractivity (Wildman–Crippen MR) is 93.3 cm³/mol. The summed E-state index contributed by atoms with van der Waals surface area (Å²) in [5, 5.41) is 4.39. The van der Waals surface area contributed by atoms with Gasteiger partial charge in [-0.3, -0.25) is 0 Å². The fourth-order valence-electron chi connectivity index (χ4n) is 2.53. The van der Waals surface area contributed by atoms with Crippen molar-refractivity contribution in [1.82, 2.24) is 9.97 Å². The summed E-state index contributed by atoms with van der Waals surface area (Å²) < 4.78 is 16.4. The number of aromatic nitrogens is 2. The number of ether oxygens (including phenoxy) is 3. The molecule has 6 nitrogen and oxygen atoms in total. The van der Waals surface area contributed by atoms with Crippen LogP contribution in [0.2, 0.25) is 0 Å². The Labute approximate surface area is 143 Å². The largest absolute Gasteiger partial charge is 0.492 e. The Balaban J connectivity index is 1.37. The first-order valence-corrected chi connectivity index (χ1v) is 8.65. The van der Waals surface area contributed by atoms with Crippen molar-refractivity contribution in [3.05, 3.63) is 35.5 Å². The lowest BCUT2D eigenvalue weighted by molar-refractivity contribution is 0.174. The van der Waals surface area contributed by atoms with Crippen molar-refractivity contribution in [2.45, 2.75) is 13.3 Å². The Bertz CT molecular complexity index is 865. The summed E-state index contributed by atoms with van der Waals surface area (Å²) in [6.07, 6.45) is 2.60. The fourth-order valence-corrected chi connectivity index (χ4v) is 3.46. The molecule has 1 N–H and O–H groups in total. The minimum atomic E-state index is 0.268. The zero-order chi connectivity index (χ0) is 16.4. The molecule has 24 heavy (non-hydrogen) atoms. The van der Waals surface area contributed by atoms with Gasteiger partial charge in [0.15, 0.2) is 11.5 Å². The van der Waals surface area contributed by atoms with Crippen molar-refractivity contribution in [2.24, 2.45) is 0 Å². The summed E-state index contributed by atoms with van der Waals surface area (Å²) in [6.45, 7) is 3.59. The van der Waals surface area contributed by atoms with Crippen LogP contribution in [-0.2, 0) is 6.42 Å². The van der Waals surface area contributed by atoms with E-state index in [1.807, 2.05) is 18.2 Å². The summed E-state index contributed by atoms with van der Waals surface area (Å²) in [5.74, 6) is 3.10. The van der Waals surface area contributed by atoms with Gasteiger partial charge in [-0.25, -0.2) is 9.97 Å². The first kappa shape index (κ1) is 15.0. The van der Waals surface area contributed by atoms with Crippen molar-refractivity contribution in [3.8, 4) is 17.2 Å². The summed E-state index contributed by atoms with van der Waals surface area (Å²) >= 11 is 1.71. The van der Waals surface area contributed by atoms with Crippen molar-refractivity contribution < 1.29 is 14.2 Å². The quantitative estimate of drug-likeness (QED) is 0.691. The molecule has 0 radical (unpaired) electrons. The number of fused-ring (bicyclic) bond motifs is 2. The van der Waals surface area contributed by atoms with Crippen LogP contribution in [0.4, 0.5) is 5.82 Å². The SMILES string of the molecule is CCc1cc2c(NCCOc3ccc4c(c3)OCO4)ncnc2s1. The summed E-state index contributed by atoms with van der Waals surface area (Å²) in [5.41, 5.74) is 0. The molecule has 3 aromatic rings. The molecule has 4 rings (SSSR count). The highest BCUT2D eigenvalue weighted by molar-refractivity contribution is 7.18. The van der Waals surface area contributed by atoms with Gasteiger partial charge < -0.3 is 19.5 Å². The Kier molecular flexibility index (Phi) is 4.08. The molecule has 0 spiro atoms. The van der Waals surface area contributed by atoms with Gasteiger partial charge in [-0.05, 0) is 24.6 Å². The molecular formula is C17H17N3O3S. The maximum absolute atomic E-state index is 5.75. The topological polar surface area (TPSA) is 65.5 Å². The Hall–Kier alpha value is -2.54. The average molecular weight is 343 g/mol. The highest BCUT2D eigenvalue weighted by Crippen LogP contribution is 2.35. The van der Waals surface area contributed by atoms with E-state index in [1.165, 1.54) is 4.88 Å². The molecule has 0 fully saturated rings. The third-order valence-corrected chi connectivity index (χ3v) is 4.92.